The fourth-order valence-electron chi connectivity index (χ4n) is 1.54. The zero-order valence-corrected chi connectivity index (χ0v) is 9.34. The predicted octanol–water partition coefficient (Wildman–Crippen LogP) is 2.49. The molecule has 4 nitrogen and oxygen atoms in total. The third-order valence-corrected chi connectivity index (χ3v) is 2.46. The number of rotatable bonds is 3. The van der Waals surface area contributed by atoms with Gasteiger partial charge in [-0.1, -0.05) is 12.1 Å². The van der Waals surface area contributed by atoms with Gasteiger partial charge in [0.25, 0.3) is 0 Å². The van der Waals surface area contributed by atoms with Crippen LogP contribution in [0.2, 0.25) is 0 Å². The third kappa shape index (κ3) is 2.42. The van der Waals surface area contributed by atoms with Crippen molar-refractivity contribution in [2.24, 2.45) is 0 Å². The number of aromatic nitrogens is 1. The average molecular weight is 228 g/mol. The minimum Gasteiger partial charge on any atom is -0.478 e. The standard InChI is InChI=1S/C13H12N2O2/c1-14-12-6-5-11(8-15-12)9-3-2-4-10(7-9)13(16)17/h2-8H,1H3,(H,14,15)(H,16,17). The molecule has 2 rings (SSSR count). The van der Waals surface area contributed by atoms with Crippen molar-refractivity contribution in [2.45, 2.75) is 0 Å². The second kappa shape index (κ2) is 4.65. The van der Waals surface area contributed by atoms with Gasteiger partial charge >= 0.3 is 5.97 Å². The molecule has 0 fully saturated rings. The van der Waals surface area contributed by atoms with Crippen molar-refractivity contribution >= 4 is 11.8 Å². The lowest BCUT2D eigenvalue weighted by Crippen LogP contribution is -1.96. The molecule has 0 aliphatic carbocycles. The fourth-order valence-corrected chi connectivity index (χ4v) is 1.54. The molecule has 0 unspecified atom stereocenters. The molecule has 1 aromatic carbocycles. The van der Waals surface area contributed by atoms with E-state index in [0.29, 0.717) is 0 Å². The van der Waals surface area contributed by atoms with E-state index in [9.17, 15) is 4.79 Å². The Balaban J connectivity index is 2.38. The van der Waals surface area contributed by atoms with Crippen molar-refractivity contribution < 1.29 is 9.90 Å². The van der Waals surface area contributed by atoms with E-state index in [2.05, 4.69) is 10.3 Å². The molecule has 86 valence electrons. The first-order valence-electron chi connectivity index (χ1n) is 5.18. The second-order valence-electron chi connectivity index (χ2n) is 3.57. The number of aromatic carboxylic acids is 1. The van der Waals surface area contributed by atoms with E-state index in [1.165, 1.54) is 0 Å². The van der Waals surface area contributed by atoms with Gasteiger partial charge in [-0.2, -0.15) is 0 Å². The van der Waals surface area contributed by atoms with Crippen molar-refractivity contribution in [1.29, 1.82) is 0 Å². The van der Waals surface area contributed by atoms with Gasteiger partial charge < -0.3 is 10.4 Å². The van der Waals surface area contributed by atoms with Crippen LogP contribution < -0.4 is 5.32 Å². The number of nitrogens with zero attached hydrogens (tertiary/aromatic N) is 1. The van der Waals surface area contributed by atoms with Crippen molar-refractivity contribution in [2.75, 3.05) is 12.4 Å². The van der Waals surface area contributed by atoms with Crippen LogP contribution in [0.5, 0.6) is 0 Å². The minimum atomic E-state index is -0.924. The summed E-state index contributed by atoms with van der Waals surface area (Å²) in [6.45, 7) is 0. The summed E-state index contributed by atoms with van der Waals surface area (Å²) in [6.07, 6.45) is 1.72. The van der Waals surface area contributed by atoms with Gasteiger partial charge in [0.2, 0.25) is 0 Å². The van der Waals surface area contributed by atoms with Crippen LogP contribution in [0.3, 0.4) is 0 Å². The molecule has 0 aliphatic heterocycles. The number of carboxylic acids is 1. The van der Waals surface area contributed by atoms with E-state index in [0.717, 1.165) is 16.9 Å². The highest BCUT2D eigenvalue weighted by Gasteiger charge is 2.04. The van der Waals surface area contributed by atoms with Crippen molar-refractivity contribution in [3.05, 3.63) is 48.2 Å². The summed E-state index contributed by atoms with van der Waals surface area (Å²) in [5.74, 6) is -0.144. The van der Waals surface area contributed by atoms with E-state index in [-0.39, 0.29) is 5.56 Å². The Morgan fingerprint density at radius 3 is 2.65 bits per heavy atom. The average Bonchev–Trinajstić information content (AvgIpc) is 2.39. The number of benzene rings is 1. The number of nitrogens with one attached hydrogen (secondary N) is 1. The molecule has 1 heterocycles. The maximum atomic E-state index is 10.9. The van der Waals surface area contributed by atoms with Crippen molar-refractivity contribution in [3.8, 4) is 11.1 Å². The molecule has 0 atom stereocenters. The van der Waals surface area contributed by atoms with Crippen LogP contribution in [0.1, 0.15) is 10.4 Å². The predicted molar refractivity (Wildman–Crippen MR) is 66.2 cm³/mol. The van der Waals surface area contributed by atoms with Gasteiger partial charge in [-0.05, 0) is 29.8 Å². The van der Waals surface area contributed by atoms with Gasteiger partial charge in [0.15, 0.2) is 0 Å². The summed E-state index contributed by atoms with van der Waals surface area (Å²) in [4.78, 5) is 15.0. The number of carboxylic acid groups (broad SMARTS) is 1. The van der Waals surface area contributed by atoms with Gasteiger partial charge in [-0.25, -0.2) is 9.78 Å². The highest BCUT2D eigenvalue weighted by Crippen LogP contribution is 2.20. The number of hydrogen-bond donors (Lipinski definition) is 2. The van der Waals surface area contributed by atoms with Crippen LogP contribution in [0.4, 0.5) is 5.82 Å². The molecule has 0 radical (unpaired) electrons. The Morgan fingerprint density at radius 1 is 1.24 bits per heavy atom. The summed E-state index contributed by atoms with van der Waals surface area (Å²) in [7, 11) is 1.80. The lowest BCUT2D eigenvalue weighted by Gasteiger charge is -2.04. The van der Waals surface area contributed by atoms with Gasteiger partial charge in [0, 0.05) is 18.8 Å². The van der Waals surface area contributed by atoms with E-state index in [1.54, 1.807) is 31.4 Å². The lowest BCUT2D eigenvalue weighted by molar-refractivity contribution is 0.0697. The van der Waals surface area contributed by atoms with Crippen LogP contribution in [-0.2, 0) is 0 Å². The number of hydrogen-bond acceptors (Lipinski definition) is 3. The zero-order valence-electron chi connectivity index (χ0n) is 9.34. The molecule has 0 spiro atoms. The summed E-state index contributed by atoms with van der Waals surface area (Å²) in [6, 6.07) is 10.6. The maximum absolute atomic E-state index is 10.9. The summed E-state index contributed by atoms with van der Waals surface area (Å²) >= 11 is 0. The largest absolute Gasteiger partial charge is 0.478 e. The lowest BCUT2D eigenvalue weighted by atomic mass is 10.0. The summed E-state index contributed by atoms with van der Waals surface area (Å²) in [5, 5.41) is 11.8. The Bertz CT molecular complexity index is 535. The summed E-state index contributed by atoms with van der Waals surface area (Å²) in [5.41, 5.74) is 2.02. The monoisotopic (exact) mass is 228 g/mol. The molecule has 17 heavy (non-hydrogen) atoms. The van der Waals surface area contributed by atoms with Crippen LogP contribution in [-0.4, -0.2) is 23.1 Å². The van der Waals surface area contributed by atoms with Gasteiger partial charge in [0.1, 0.15) is 5.82 Å². The molecule has 0 bridgehead atoms. The molecule has 2 aromatic rings. The Kier molecular flexibility index (Phi) is 3.05. The SMILES string of the molecule is CNc1ccc(-c2cccc(C(=O)O)c2)cn1. The van der Waals surface area contributed by atoms with Crippen LogP contribution in [0.15, 0.2) is 42.6 Å². The first-order chi connectivity index (χ1) is 8.20. The van der Waals surface area contributed by atoms with Crippen molar-refractivity contribution in [1.82, 2.24) is 4.98 Å². The topological polar surface area (TPSA) is 62.2 Å². The Hall–Kier alpha value is -2.36. The van der Waals surface area contributed by atoms with E-state index in [1.807, 2.05) is 18.2 Å². The van der Waals surface area contributed by atoms with Crippen molar-refractivity contribution in [3.63, 3.8) is 0 Å². The van der Waals surface area contributed by atoms with Crippen LogP contribution in [0, 0.1) is 0 Å². The Morgan fingerprint density at radius 2 is 2.06 bits per heavy atom. The molecule has 0 amide bonds. The highest BCUT2D eigenvalue weighted by molar-refractivity contribution is 5.89. The molecule has 0 saturated carbocycles. The van der Waals surface area contributed by atoms with Crippen LogP contribution >= 0.6 is 0 Å². The molecule has 4 heteroatoms. The molecule has 0 saturated heterocycles. The van der Waals surface area contributed by atoms with E-state index >= 15 is 0 Å². The van der Waals surface area contributed by atoms with Gasteiger partial charge in [-0.15, -0.1) is 0 Å². The molecule has 2 N–H and O–H groups in total. The van der Waals surface area contributed by atoms with Gasteiger partial charge in [0.05, 0.1) is 5.56 Å². The molecular formula is C13H12N2O2. The molecule has 0 aliphatic rings. The maximum Gasteiger partial charge on any atom is 0.335 e. The Labute approximate surface area is 98.9 Å². The fraction of sp³-hybridized carbons (Fsp3) is 0.0769. The number of carbonyl (C=O) groups is 1. The minimum absolute atomic E-state index is 0.278. The number of anilines is 1. The van der Waals surface area contributed by atoms with Crippen LogP contribution in [0.25, 0.3) is 11.1 Å². The molecule has 1 aromatic heterocycles. The molecular weight excluding hydrogens is 216 g/mol. The first kappa shape index (κ1) is 11.1. The summed E-state index contributed by atoms with van der Waals surface area (Å²) < 4.78 is 0. The van der Waals surface area contributed by atoms with Gasteiger partial charge in [-0.3, -0.25) is 0 Å². The highest BCUT2D eigenvalue weighted by atomic mass is 16.4. The first-order valence-corrected chi connectivity index (χ1v) is 5.18. The quantitative estimate of drug-likeness (QED) is 0.847. The second-order valence-corrected chi connectivity index (χ2v) is 3.57. The van der Waals surface area contributed by atoms with E-state index in [4.69, 9.17) is 5.11 Å². The smallest absolute Gasteiger partial charge is 0.335 e. The van der Waals surface area contributed by atoms with E-state index < -0.39 is 5.97 Å². The normalized spacial score (nSPS) is 9.94. The zero-order chi connectivity index (χ0) is 12.3. The third-order valence-electron chi connectivity index (χ3n) is 2.46. The number of pyridine rings is 1.